The Morgan fingerprint density at radius 1 is 1.44 bits per heavy atom. The average Bonchev–Trinajstić information content (AvgIpc) is 2.83. The summed E-state index contributed by atoms with van der Waals surface area (Å²) in [5.41, 5.74) is 1.25. The van der Waals surface area contributed by atoms with Crippen LogP contribution in [-0.2, 0) is 4.74 Å². The van der Waals surface area contributed by atoms with E-state index in [4.69, 9.17) is 14.6 Å². The van der Waals surface area contributed by atoms with E-state index in [0.717, 1.165) is 0 Å². The van der Waals surface area contributed by atoms with Crippen LogP contribution in [0.3, 0.4) is 0 Å². The van der Waals surface area contributed by atoms with Gasteiger partial charge in [0, 0.05) is 11.8 Å². The highest BCUT2D eigenvalue weighted by Crippen LogP contribution is 2.15. The molecule has 2 heterocycles. The van der Waals surface area contributed by atoms with Crippen LogP contribution in [0.4, 0.5) is 0 Å². The second-order valence-electron chi connectivity index (χ2n) is 3.03. The van der Waals surface area contributed by atoms with Crippen molar-refractivity contribution in [3.8, 4) is 11.6 Å². The minimum absolute atomic E-state index is 0.123. The fourth-order valence-electron chi connectivity index (χ4n) is 1.27. The zero-order valence-electron chi connectivity index (χ0n) is 8.80. The summed E-state index contributed by atoms with van der Waals surface area (Å²) in [6.45, 7) is 2.31. The van der Waals surface area contributed by atoms with Crippen molar-refractivity contribution in [3.63, 3.8) is 0 Å². The second kappa shape index (κ2) is 4.57. The molecule has 0 saturated carbocycles. The van der Waals surface area contributed by atoms with Gasteiger partial charge >= 0.3 is 0 Å². The molecule has 5 nitrogen and oxygen atoms in total. The van der Waals surface area contributed by atoms with Crippen molar-refractivity contribution < 1.29 is 9.15 Å². The van der Waals surface area contributed by atoms with Crippen LogP contribution in [0.15, 0.2) is 35.2 Å². The van der Waals surface area contributed by atoms with Crippen LogP contribution < -0.4 is 0 Å². The fourth-order valence-corrected chi connectivity index (χ4v) is 1.27. The van der Waals surface area contributed by atoms with E-state index in [2.05, 4.69) is 9.97 Å². The maximum absolute atomic E-state index is 7.65. The Morgan fingerprint density at radius 2 is 2.31 bits per heavy atom. The number of oxazole rings is 1. The summed E-state index contributed by atoms with van der Waals surface area (Å²) in [5, 5.41) is 7.65. The van der Waals surface area contributed by atoms with Gasteiger partial charge < -0.3 is 9.15 Å². The first-order valence-electron chi connectivity index (χ1n) is 4.89. The number of ether oxygens (including phenoxy) is 1. The molecule has 0 radical (unpaired) electrons. The molecule has 0 aromatic carbocycles. The molecule has 2 aromatic rings. The van der Waals surface area contributed by atoms with E-state index in [1.807, 2.05) is 6.92 Å². The summed E-state index contributed by atoms with van der Waals surface area (Å²) in [5.74, 6) is 0.559. The number of pyridine rings is 1. The first kappa shape index (κ1) is 10.4. The van der Waals surface area contributed by atoms with Gasteiger partial charge in [-0.3, -0.25) is 10.4 Å². The molecule has 0 aliphatic carbocycles. The molecule has 0 spiro atoms. The predicted octanol–water partition coefficient (Wildman–Crippen LogP) is 2.10. The molecular weight excluding hydrogens is 206 g/mol. The number of hydrogen-bond donors (Lipinski definition) is 1. The van der Waals surface area contributed by atoms with E-state index in [1.165, 1.54) is 6.26 Å². The number of hydrogen-bond acceptors (Lipinski definition) is 5. The molecule has 16 heavy (non-hydrogen) atoms. The monoisotopic (exact) mass is 217 g/mol. The van der Waals surface area contributed by atoms with Crippen molar-refractivity contribution >= 4 is 5.90 Å². The van der Waals surface area contributed by atoms with Gasteiger partial charge in [-0.25, -0.2) is 4.98 Å². The smallest absolute Gasteiger partial charge is 0.245 e. The zero-order chi connectivity index (χ0) is 11.4. The molecule has 5 heteroatoms. The highest BCUT2D eigenvalue weighted by Gasteiger charge is 2.08. The average molecular weight is 217 g/mol. The van der Waals surface area contributed by atoms with Crippen molar-refractivity contribution in [2.24, 2.45) is 0 Å². The molecule has 0 aliphatic heterocycles. The minimum atomic E-state index is 0.123. The van der Waals surface area contributed by atoms with Gasteiger partial charge in [0.15, 0.2) is 0 Å². The number of nitrogens with zero attached hydrogens (tertiary/aromatic N) is 2. The minimum Gasteiger partial charge on any atom is -0.478 e. The van der Waals surface area contributed by atoms with Crippen molar-refractivity contribution in [1.29, 1.82) is 5.41 Å². The summed E-state index contributed by atoms with van der Waals surface area (Å²) in [6.07, 6.45) is 4.64. The third-order valence-electron chi connectivity index (χ3n) is 1.96. The van der Waals surface area contributed by atoms with Gasteiger partial charge in [0.1, 0.15) is 12.0 Å². The predicted molar refractivity (Wildman–Crippen MR) is 58.2 cm³/mol. The fraction of sp³-hybridized carbons (Fsp3) is 0.182. The zero-order valence-corrected chi connectivity index (χ0v) is 8.80. The Morgan fingerprint density at radius 3 is 3.00 bits per heavy atom. The molecule has 0 bridgehead atoms. The first-order valence-corrected chi connectivity index (χ1v) is 4.89. The van der Waals surface area contributed by atoms with E-state index >= 15 is 0 Å². The first-order chi connectivity index (χ1) is 7.81. The standard InChI is InChI=1S/C11H11N3O2/c1-2-15-10(12)8-3-4-13-9(7-8)11-14-5-6-16-11/h3-7,12H,2H2,1H3. The summed E-state index contributed by atoms with van der Waals surface area (Å²) < 4.78 is 10.2. The van der Waals surface area contributed by atoms with Crippen LogP contribution in [0.5, 0.6) is 0 Å². The third-order valence-corrected chi connectivity index (χ3v) is 1.96. The third kappa shape index (κ3) is 2.08. The molecule has 0 atom stereocenters. The highest BCUT2D eigenvalue weighted by molar-refractivity contribution is 5.92. The number of nitrogens with one attached hydrogen (secondary N) is 1. The van der Waals surface area contributed by atoms with Crippen LogP contribution in [0.2, 0.25) is 0 Å². The van der Waals surface area contributed by atoms with Crippen molar-refractivity contribution in [1.82, 2.24) is 9.97 Å². The molecular formula is C11H11N3O2. The summed E-state index contributed by atoms with van der Waals surface area (Å²) in [7, 11) is 0. The lowest BCUT2D eigenvalue weighted by Gasteiger charge is -2.04. The van der Waals surface area contributed by atoms with E-state index < -0.39 is 0 Å². The Kier molecular flexibility index (Phi) is 2.95. The van der Waals surface area contributed by atoms with E-state index in [9.17, 15) is 0 Å². The normalized spacial score (nSPS) is 10.1. The van der Waals surface area contributed by atoms with Crippen LogP contribution in [-0.4, -0.2) is 22.5 Å². The van der Waals surface area contributed by atoms with Gasteiger partial charge in [-0.15, -0.1) is 0 Å². The molecule has 1 N–H and O–H groups in total. The largest absolute Gasteiger partial charge is 0.478 e. The SMILES string of the molecule is CCOC(=N)c1ccnc(-c2ncco2)c1. The Labute approximate surface area is 92.6 Å². The van der Waals surface area contributed by atoms with Crippen LogP contribution in [0.1, 0.15) is 12.5 Å². The van der Waals surface area contributed by atoms with Gasteiger partial charge in [-0.1, -0.05) is 0 Å². The van der Waals surface area contributed by atoms with E-state index in [1.54, 1.807) is 24.5 Å². The Bertz CT molecular complexity index is 480. The van der Waals surface area contributed by atoms with Crippen LogP contribution >= 0.6 is 0 Å². The Balaban J connectivity index is 2.30. The molecule has 0 unspecified atom stereocenters. The number of aromatic nitrogens is 2. The van der Waals surface area contributed by atoms with Gasteiger partial charge in [0.2, 0.25) is 11.8 Å². The molecule has 0 saturated heterocycles. The molecule has 2 aromatic heterocycles. The molecule has 82 valence electrons. The van der Waals surface area contributed by atoms with E-state index in [0.29, 0.717) is 23.8 Å². The number of rotatable bonds is 3. The van der Waals surface area contributed by atoms with Crippen LogP contribution in [0, 0.1) is 5.41 Å². The molecule has 2 rings (SSSR count). The lowest BCUT2D eigenvalue weighted by atomic mass is 10.2. The highest BCUT2D eigenvalue weighted by atomic mass is 16.5. The van der Waals surface area contributed by atoms with Crippen molar-refractivity contribution in [3.05, 3.63) is 36.4 Å². The van der Waals surface area contributed by atoms with Gasteiger partial charge in [-0.2, -0.15) is 0 Å². The van der Waals surface area contributed by atoms with Gasteiger partial charge in [0.25, 0.3) is 0 Å². The van der Waals surface area contributed by atoms with Crippen LogP contribution in [0.25, 0.3) is 11.6 Å². The summed E-state index contributed by atoms with van der Waals surface area (Å²) in [6, 6.07) is 3.42. The summed E-state index contributed by atoms with van der Waals surface area (Å²) >= 11 is 0. The lowest BCUT2D eigenvalue weighted by Crippen LogP contribution is -2.05. The van der Waals surface area contributed by atoms with Gasteiger partial charge in [0.05, 0.1) is 12.8 Å². The quantitative estimate of drug-likeness (QED) is 0.631. The van der Waals surface area contributed by atoms with Gasteiger partial charge in [-0.05, 0) is 19.1 Å². The molecule has 0 aliphatic rings. The van der Waals surface area contributed by atoms with Crippen molar-refractivity contribution in [2.45, 2.75) is 6.92 Å². The Hall–Kier alpha value is -2.17. The molecule has 0 fully saturated rings. The molecule has 0 amide bonds. The summed E-state index contributed by atoms with van der Waals surface area (Å²) in [4.78, 5) is 8.11. The maximum atomic E-state index is 7.65. The maximum Gasteiger partial charge on any atom is 0.245 e. The van der Waals surface area contributed by atoms with Crippen molar-refractivity contribution in [2.75, 3.05) is 6.61 Å². The topological polar surface area (TPSA) is 72.0 Å². The van der Waals surface area contributed by atoms with E-state index in [-0.39, 0.29) is 5.90 Å². The lowest BCUT2D eigenvalue weighted by molar-refractivity contribution is 0.325. The second-order valence-corrected chi connectivity index (χ2v) is 3.03.